The van der Waals surface area contributed by atoms with Crippen molar-refractivity contribution in [3.8, 4) is 17.0 Å². The molecule has 1 saturated carbocycles. The van der Waals surface area contributed by atoms with Crippen LogP contribution in [-0.2, 0) is 6.54 Å². The summed E-state index contributed by atoms with van der Waals surface area (Å²) in [5, 5.41) is 7.55. The van der Waals surface area contributed by atoms with Gasteiger partial charge in [-0.25, -0.2) is 9.97 Å². The van der Waals surface area contributed by atoms with Crippen LogP contribution in [-0.4, -0.2) is 23.1 Å². The first-order chi connectivity index (χ1) is 14.7. The highest BCUT2D eigenvalue weighted by Crippen LogP contribution is 2.30. The molecule has 2 aromatic heterocycles. The molecule has 2 heterocycles. The maximum Gasteiger partial charge on any atom is 0.126 e. The van der Waals surface area contributed by atoms with E-state index in [4.69, 9.17) is 21.3 Å². The van der Waals surface area contributed by atoms with Gasteiger partial charge in [0.2, 0.25) is 0 Å². The number of ether oxygens (including phenoxy) is 1. The van der Waals surface area contributed by atoms with E-state index in [-0.39, 0.29) is 0 Å². The lowest BCUT2D eigenvalue weighted by atomic mass is 9.95. The van der Waals surface area contributed by atoms with Crippen LogP contribution in [0.1, 0.15) is 37.7 Å². The average molecular weight is 423 g/mol. The first-order valence-electron chi connectivity index (χ1n) is 10.5. The molecule has 0 aliphatic heterocycles. The third kappa shape index (κ3) is 5.22. The molecule has 6 heteroatoms. The number of anilines is 2. The van der Waals surface area contributed by atoms with Crippen molar-refractivity contribution in [2.75, 3.05) is 17.7 Å². The van der Waals surface area contributed by atoms with Crippen LogP contribution in [0.15, 0.2) is 54.7 Å². The van der Waals surface area contributed by atoms with Crippen LogP contribution in [0.5, 0.6) is 5.75 Å². The maximum atomic E-state index is 6.47. The summed E-state index contributed by atoms with van der Waals surface area (Å²) in [6.07, 6.45) is 7.99. The van der Waals surface area contributed by atoms with Crippen molar-refractivity contribution in [2.45, 2.75) is 44.7 Å². The molecule has 0 atom stereocenters. The number of hydrogen-bond donors (Lipinski definition) is 2. The van der Waals surface area contributed by atoms with Crippen LogP contribution in [0.4, 0.5) is 11.6 Å². The van der Waals surface area contributed by atoms with Crippen molar-refractivity contribution >= 4 is 23.2 Å². The molecular formula is C24H27ClN4O. The number of pyridine rings is 2. The molecule has 156 valence electrons. The minimum atomic E-state index is 0.490. The molecule has 5 nitrogen and oxygen atoms in total. The molecule has 4 rings (SSSR count). The Morgan fingerprint density at radius 2 is 1.87 bits per heavy atom. The van der Waals surface area contributed by atoms with E-state index < -0.39 is 0 Å². The van der Waals surface area contributed by atoms with E-state index in [9.17, 15) is 0 Å². The molecule has 1 aromatic carbocycles. The highest BCUT2D eigenvalue weighted by Gasteiger charge is 2.15. The van der Waals surface area contributed by atoms with Gasteiger partial charge in [-0.3, -0.25) is 0 Å². The van der Waals surface area contributed by atoms with Crippen molar-refractivity contribution in [2.24, 2.45) is 0 Å². The molecule has 30 heavy (non-hydrogen) atoms. The molecule has 2 N–H and O–H groups in total. The fourth-order valence-electron chi connectivity index (χ4n) is 3.83. The highest BCUT2D eigenvalue weighted by atomic mass is 35.5. The zero-order valence-corrected chi connectivity index (χ0v) is 18.0. The van der Waals surface area contributed by atoms with Gasteiger partial charge in [-0.15, -0.1) is 0 Å². The van der Waals surface area contributed by atoms with Gasteiger partial charge in [0.15, 0.2) is 0 Å². The maximum absolute atomic E-state index is 6.47. The number of aromatic nitrogens is 2. The summed E-state index contributed by atoms with van der Waals surface area (Å²) in [6.45, 7) is 0.659. The van der Waals surface area contributed by atoms with Crippen molar-refractivity contribution < 1.29 is 4.74 Å². The molecule has 0 bridgehead atoms. The fraction of sp³-hybridized carbons (Fsp3) is 0.333. The summed E-state index contributed by atoms with van der Waals surface area (Å²) in [6, 6.07) is 16.4. The van der Waals surface area contributed by atoms with Crippen LogP contribution in [0.2, 0.25) is 5.02 Å². The average Bonchev–Trinajstić information content (AvgIpc) is 2.80. The van der Waals surface area contributed by atoms with Crippen molar-refractivity contribution in [3.63, 3.8) is 0 Å². The van der Waals surface area contributed by atoms with Crippen LogP contribution in [0, 0.1) is 0 Å². The first kappa shape index (κ1) is 20.5. The molecular weight excluding hydrogens is 396 g/mol. The summed E-state index contributed by atoms with van der Waals surface area (Å²) < 4.78 is 5.29. The highest BCUT2D eigenvalue weighted by molar-refractivity contribution is 6.33. The van der Waals surface area contributed by atoms with Crippen LogP contribution < -0.4 is 15.4 Å². The number of nitrogens with zero attached hydrogens (tertiary/aromatic N) is 2. The Morgan fingerprint density at radius 3 is 2.70 bits per heavy atom. The van der Waals surface area contributed by atoms with Gasteiger partial charge >= 0.3 is 0 Å². The lowest BCUT2D eigenvalue weighted by Crippen LogP contribution is -2.22. The Bertz CT molecular complexity index is 988. The zero-order chi connectivity index (χ0) is 20.8. The van der Waals surface area contributed by atoms with Gasteiger partial charge in [0, 0.05) is 24.3 Å². The third-order valence-electron chi connectivity index (χ3n) is 5.45. The summed E-state index contributed by atoms with van der Waals surface area (Å²) in [7, 11) is 1.67. The van der Waals surface area contributed by atoms with Gasteiger partial charge in [0.1, 0.15) is 17.4 Å². The van der Waals surface area contributed by atoms with E-state index in [0.29, 0.717) is 17.6 Å². The number of halogens is 1. The Hall–Kier alpha value is -2.79. The smallest absolute Gasteiger partial charge is 0.126 e. The van der Waals surface area contributed by atoms with Gasteiger partial charge in [-0.2, -0.15) is 0 Å². The number of methoxy groups -OCH3 is 1. The van der Waals surface area contributed by atoms with Crippen molar-refractivity contribution in [1.29, 1.82) is 0 Å². The molecule has 1 aliphatic carbocycles. The topological polar surface area (TPSA) is 59.1 Å². The lowest BCUT2D eigenvalue weighted by molar-refractivity contribution is 0.414. The summed E-state index contributed by atoms with van der Waals surface area (Å²) >= 11 is 6.47. The molecule has 1 fully saturated rings. The van der Waals surface area contributed by atoms with Crippen molar-refractivity contribution in [1.82, 2.24) is 9.97 Å². The second-order valence-corrected chi connectivity index (χ2v) is 8.05. The van der Waals surface area contributed by atoms with Crippen LogP contribution in [0.25, 0.3) is 11.3 Å². The third-order valence-corrected chi connectivity index (χ3v) is 5.75. The summed E-state index contributed by atoms with van der Waals surface area (Å²) in [5.41, 5.74) is 2.84. The van der Waals surface area contributed by atoms with E-state index >= 15 is 0 Å². The van der Waals surface area contributed by atoms with Gasteiger partial charge in [-0.05, 0) is 48.7 Å². The summed E-state index contributed by atoms with van der Waals surface area (Å²) in [4.78, 5) is 9.24. The molecule has 3 aromatic rings. The zero-order valence-electron chi connectivity index (χ0n) is 17.2. The van der Waals surface area contributed by atoms with Gasteiger partial charge in [-0.1, -0.05) is 49.1 Å². The second kappa shape index (κ2) is 9.81. The molecule has 0 saturated heterocycles. The number of nitrogens with one attached hydrogen (secondary N) is 2. The van der Waals surface area contributed by atoms with Crippen LogP contribution >= 0.6 is 11.6 Å². The van der Waals surface area contributed by atoms with E-state index in [0.717, 1.165) is 34.2 Å². The van der Waals surface area contributed by atoms with Crippen molar-refractivity contribution in [3.05, 3.63) is 65.3 Å². The number of benzene rings is 1. The van der Waals surface area contributed by atoms with Crippen LogP contribution in [0.3, 0.4) is 0 Å². The predicted octanol–water partition coefficient (Wildman–Crippen LogP) is 6.16. The van der Waals surface area contributed by atoms with E-state index in [1.807, 2.05) is 42.5 Å². The van der Waals surface area contributed by atoms with E-state index in [2.05, 4.69) is 21.7 Å². The Morgan fingerprint density at radius 1 is 1.03 bits per heavy atom. The standard InChI is InChI=1S/C24H27ClN4O/c1-30-19-10-5-7-17(13-19)15-26-23-12-6-11-22(29-23)20-14-24(27-16-21(20)25)28-18-8-3-2-4-9-18/h5-7,10-14,16,18H,2-4,8-9,15H2,1H3,(H,26,29)(H,27,28). The second-order valence-electron chi connectivity index (χ2n) is 7.64. The quantitative estimate of drug-likeness (QED) is 0.477. The van der Waals surface area contributed by atoms with Gasteiger partial charge in [0.05, 0.1) is 17.8 Å². The number of rotatable bonds is 7. The Kier molecular flexibility index (Phi) is 6.70. The minimum Gasteiger partial charge on any atom is -0.497 e. The largest absolute Gasteiger partial charge is 0.497 e. The molecule has 0 spiro atoms. The molecule has 0 unspecified atom stereocenters. The normalized spacial score (nSPS) is 14.3. The van der Waals surface area contributed by atoms with Gasteiger partial charge < -0.3 is 15.4 Å². The first-order valence-corrected chi connectivity index (χ1v) is 10.9. The molecule has 0 amide bonds. The minimum absolute atomic E-state index is 0.490. The number of hydrogen-bond acceptors (Lipinski definition) is 5. The van der Waals surface area contributed by atoms with Gasteiger partial charge in [0.25, 0.3) is 0 Å². The fourth-order valence-corrected chi connectivity index (χ4v) is 4.03. The SMILES string of the molecule is COc1cccc(CNc2cccc(-c3cc(NC4CCCCC4)ncc3Cl)n2)c1. The Balaban J connectivity index is 1.49. The molecule has 1 aliphatic rings. The molecule has 0 radical (unpaired) electrons. The Labute approximate surface area is 182 Å². The lowest BCUT2D eigenvalue weighted by Gasteiger charge is -2.23. The van der Waals surface area contributed by atoms with E-state index in [1.54, 1.807) is 13.3 Å². The predicted molar refractivity (Wildman–Crippen MR) is 123 cm³/mol. The van der Waals surface area contributed by atoms with E-state index in [1.165, 1.54) is 32.1 Å². The summed E-state index contributed by atoms with van der Waals surface area (Å²) in [5.74, 6) is 2.50. The monoisotopic (exact) mass is 422 g/mol.